The van der Waals surface area contributed by atoms with E-state index in [1.807, 2.05) is 159 Å². The van der Waals surface area contributed by atoms with E-state index in [9.17, 15) is 0 Å². The largest absolute Gasteiger partial charge is 0.309 e. The van der Waals surface area contributed by atoms with E-state index in [4.69, 9.17) is 23.2 Å². The van der Waals surface area contributed by atoms with Crippen LogP contribution in [0.3, 0.4) is 0 Å². The first-order chi connectivity index (χ1) is 21.3. The minimum absolute atomic E-state index is 0.524. The highest BCUT2D eigenvalue weighted by Gasteiger charge is 2.38. The van der Waals surface area contributed by atoms with Crippen LogP contribution in [-0.4, -0.2) is 0 Å². The van der Waals surface area contributed by atoms with Gasteiger partial charge in [0.15, 0.2) is 14.3 Å². The lowest BCUT2D eigenvalue weighted by atomic mass is 9.96. The Morgan fingerprint density at radius 3 is 0.886 bits per heavy atom. The van der Waals surface area contributed by atoms with Crippen molar-refractivity contribution in [1.29, 1.82) is 0 Å². The molecule has 6 aromatic rings. The smallest absolute Gasteiger partial charge is 0.171 e. The second kappa shape index (κ2) is 12.4. The molecule has 0 bridgehead atoms. The summed E-state index contributed by atoms with van der Waals surface area (Å²) in [4.78, 5) is 0. The van der Waals surface area contributed by atoms with Crippen LogP contribution in [0.2, 0.25) is 10.0 Å². The topological polar surface area (TPSA) is 34.1 Å². The molecule has 0 spiro atoms. The first kappa shape index (κ1) is 30.4. The minimum Gasteiger partial charge on any atom is -0.309 e. The lowest BCUT2D eigenvalue weighted by molar-refractivity contribution is 0.591. The molecule has 0 heterocycles. The van der Waals surface area contributed by atoms with E-state index in [1.165, 1.54) is 0 Å². The van der Waals surface area contributed by atoms with E-state index < -0.39 is 14.3 Å². The summed E-state index contributed by atoms with van der Waals surface area (Å²) in [5.74, 6) is 0. The molecule has 6 aromatic carbocycles. The Labute approximate surface area is 269 Å². The molecular formula is C38H30Cl2O2P2. The van der Waals surface area contributed by atoms with E-state index in [0.29, 0.717) is 53.0 Å². The summed E-state index contributed by atoms with van der Waals surface area (Å²) in [6, 6.07) is 45.5. The van der Waals surface area contributed by atoms with Crippen LogP contribution in [0.5, 0.6) is 0 Å². The molecule has 2 nitrogen and oxygen atoms in total. The first-order valence-corrected chi connectivity index (χ1v) is 18.5. The Bertz CT molecular complexity index is 1810. The molecule has 0 saturated carbocycles. The highest BCUT2D eigenvalue weighted by Crippen LogP contribution is 2.51. The zero-order chi connectivity index (χ0) is 30.9. The van der Waals surface area contributed by atoms with Gasteiger partial charge in [0.05, 0.1) is 0 Å². The average molecular weight is 652 g/mol. The molecule has 0 aromatic heterocycles. The Morgan fingerprint density at radius 1 is 0.386 bits per heavy atom. The van der Waals surface area contributed by atoms with Crippen molar-refractivity contribution in [2.24, 2.45) is 0 Å². The van der Waals surface area contributed by atoms with Gasteiger partial charge in [0.2, 0.25) is 0 Å². The summed E-state index contributed by atoms with van der Waals surface area (Å²) >= 11 is 13.8. The predicted octanol–water partition coefficient (Wildman–Crippen LogP) is 8.56. The van der Waals surface area contributed by atoms with Gasteiger partial charge in [-0.15, -0.1) is 0 Å². The van der Waals surface area contributed by atoms with Crippen LogP contribution in [0.4, 0.5) is 0 Å². The number of halogens is 2. The highest BCUT2D eigenvalue weighted by atomic mass is 35.5. The van der Waals surface area contributed by atoms with Crippen molar-refractivity contribution >= 4 is 69.3 Å². The lowest BCUT2D eigenvalue weighted by Crippen LogP contribution is -2.30. The molecule has 6 heteroatoms. The van der Waals surface area contributed by atoms with E-state index in [1.54, 1.807) is 0 Å². The molecule has 44 heavy (non-hydrogen) atoms. The van der Waals surface area contributed by atoms with Gasteiger partial charge in [-0.3, -0.25) is 0 Å². The van der Waals surface area contributed by atoms with Crippen LogP contribution in [0.1, 0.15) is 11.1 Å². The fraction of sp³-hybridized carbons (Fsp3) is 0.0526. The van der Waals surface area contributed by atoms with Gasteiger partial charge in [-0.25, -0.2) is 0 Å². The average Bonchev–Trinajstić information content (AvgIpc) is 3.08. The molecule has 0 aliphatic carbocycles. The van der Waals surface area contributed by atoms with Crippen molar-refractivity contribution in [3.63, 3.8) is 0 Å². The summed E-state index contributed by atoms with van der Waals surface area (Å²) in [5.41, 5.74) is 2.87. The minimum atomic E-state index is -3.47. The van der Waals surface area contributed by atoms with Gasteiger partial charge in [-0.05, 0) is 60.4 Å². The third kappa shape index (κ3) is 5.11. The highest BCUT2D eigenvalue weighted by molar-refractivity contribution is 7.86. The van der Waals surface area contributed by atoms with E-state index >= 15 is 9.13 Å². The van der Waals surface area contributed by atoms with E-state index in [0.717, 1.165) is 11.1 Å². The molecule has 218 valence electrons. The molecule has 0 saturated heterocycles. The predicted molar refractivity (Wildman–Crippen MR) is 190 cm³/mol. The Morgan fingerprint density at radius 2 is 0.636 bits per heavy atom. The van der Waals surface area contributed by atoms with Crippen molar-refractivity contribution in [3.8, 4) is 11.1 Å². The van der Waals surface area contributed by atoms with Gasteiger partial charge in [-0.1, -0.05) is 145 Å². The summed E-state index contributed by atoms with van der Waals surface area (Å²) < 4.78 is 31.7. The molecule has 0 atom stereocenters. The SMILES string of the molecule is Cc1c(Cl)ccc(P(=O)(c2ccccc2)c2ccccc2)c1-c1c(P(=O)(c2ccccc2)c2ccccc2)ccc(Cl)c1C. The Balaban J connectivity index is 1.78. The lowest BCUT2D eigenvalue weighted by Gasteiger charge is -2.29. The van der Waals surface area contributed by atoms with Crippen LogP contribution in [0.15, 0.2) is 146 Å². The standard InChI is InChI=1S/C38H30Cl2O2P2/c1-27-33(39)23-25-35(43(41,29-15-7-3-8-16-29)30-17-9-4-10-18-30)37(27)38-28(2)34(40)24-26-36(38)44(42,31-19-11-5-12-20-31)32-21-13-6-14-22-32/h3-26H,1-2H3. The summed E-state index contributed by atoms with van der Waals surface area (Å²) in [6.07, 6.45) is 0. The van der Waals surface area contributed by atoms with E-state index in [-0.39, 0.29) is 0 Å². The van der Waals surface area contributed by atoms with Crippen LogP contribution < -0.4 is 31.8 Å². The van der Waals surface area contributed by atoms with Crippen molar-refractivity contribution < 1.29 is 9.13 Å². The maximum Gasteiger partial charge on any atom is 0.171 e. The van der Waals surface area contributed by atoms with Crippen molar-refractivity contribution in [1.82, 2.24) is 0 Å². The van der Waals surface area contributed by atoms with Gasteiger partial charge in [0, 0.05) is 41.9 Å². The summed E-state index contributed by atoms with van der Waals surface area (Å²) in [5, 5.41) is 5.09. The summed E-state index contributed by atoms with van der Waals surface area (Å²) in [6.45, 7) is 3.86. The Hall–Kier alpha value is -3.64. The van der Waals surface area contributed by atoms with Crippen molar-refractivity contribution in [2.75, 3.05) is 0 Å². The monoisotopic (exact) mass is 650 g/mol. The number of rotatable bonds is 7. The molecule has 6 rings (SSSR count). The third-order valence-electron chi connectivity index (χ3n) is 8.16. The number of hydrogen-bond acceptors (Lipinski definition) is 2. The molecular weight excluding hydrogens is 621 g/mol. The zero-order valence-electron chi connectivity index (χ0n) is 24.3. The maximum atomic E-state index is 15.8. The van der Waals surface area contributed by atoms with Crippen LogP contribution in [-0.2, 0) is 9.13 Å². The van der Waals surface area contributed by atoms with Gasteiger partial charge in [0.1, 0.15) is 0 Å². The van der Waals surface area contributed by atoms with Gasteiger partial charge in [0.25, 0.3) is 0 Å². The molecule has 0 radical (unpaired) electrons. The van der Waals surface area contributed by atoms with Crippen LogP contribution >= 0.6 is 37.5 Å². The molecule has 0 aliphatic rings. The van der Waals surface area contributed by atoms with Gasteiger partial charge in [-0.2, -0.15) is 0 Å². The quantitative estimate of drug-likeness (QED) is 0.162. The third-order valence-corrected chi connectivity index (χ3v) is 15.2. The molecule has 0 aliphatic heterocycles. The van der Waals surface area contributed by atoms with Gasteiger partial charge < -0.3 is 9.13 Å². The number of benzene rings is 6. The maximum absolute atomic E-state index is 15.8. The fourth-order valence-electron chi connectivity index (χ4n) is 5.91. The second-order valence-corrected chi connectivity index (χ2v) is 17.0. The normalized spacial score (nSPS) is 11.8. The fourth-order valence-corrected chi connectivity index (χ4v) is 12.1. The van der Waals surface area contributed by atoms with Crippen LogP contribution in [0.25, 0.3) is 11.1 Å². The van der Waals surface area contributed by atoms with Crippen molar-refractivity contribution in [2.45, 2.75) is 13.8 Å². The first-order valence-electron chi connectivity index (χ1n) is 14.3. The number of hydrogen-bond donors (Lipinski definition) is 0. The zero-order valence-corrected chi connectivity index (χ0v) is 27.6. The molecule has 0 unspecified atom stereocenters. The van der Waals surface area contributed by atoms with Gasteiger partial charge >= 0.3 is 0 Å². The molecule has 0 amide bonds. The van der Waals surface area contributed by atoms with Crippen molar-refractivity contribution in [3.05, 3.63) is 167 Å². The van der Waals surface area contributed by atoms with E-state index in [2.05, 4.69) is 0 Å². The summed E-state index contributed by atoms with van der Waals surface area (Å²) in [7, 11) is -6.94. The molecule has 0 N–H and O–H groups in total. The van der Waals surface area contributed by atoms with Crippen LogP contribution in [0, 0.1) is 13.8 Å². The Kier molecular flexibility index (Phi) is 8.56. The molecule has 0 fully saturated rings. The second-order valence-electron chi connectivity index (χ2n) is 10.7.